The standard InChI is InChI=1S/C25H30O7/c1-3-4-7-15(2)19(26)13-12-17-20(32-25(29)30)14-21-23(17)18-10-5-8-16(24(18)31-21)9-6-11-22(27)28/h5,8,10,12-13,15,17,19-21,23,26H,6-7,9,11,14H2,1-2H3,(H,27,28)(H,29,30)/b13-12+/t15-,17-,19+,20+,21-,23-/m0/s1. The van der Waals surface area contributed by atoms with Gasteiger partial charge in [0.15, 0.2) is 0 Å². The quantitative estimate of drug-likeness (QED) is 0.301. The second-order valence-electron chi connectivity index (χ2n) is 8.48. The summed E-state index contributed by atoms with van der Waals surface area (Å²) in [7, 11) is 0. The van der Waals surface area contributed by atoms with Crippen LogP contribution >= 0.6 is 0 Å². The number of benzene rings is 1. The van der Waals surface area contributed by atoms with Crippen LogP contribution in [0.3, 0.4) is 0 Å². The highest BCUT2D eigenvalue weighted by Crippen LogP contribution is 2.52. The van der Waals surface area contributed by atoms with Gasteiger partial charge in [0.2, 0.25) is 0 Å². The van der Waals surface area contributed by atoms with E-state index in [4.69, 9.17) is 14.6 Å². The molecule has 1 saturated carbocycles. The van der Waals surface area contributed by atoms with Gasteiger partial charge in [0.25, 0.3) is 0 Å². The Balaban J connectivity index is 1.83. The largest absolute Gasteiger partial charge is 0.506 e. The Bertz CT molecular complexity index is 926. The smallest absolute Gasteiger partial charge is 0.489 e. The number of hydrogen-bond donors (Lipinski definition) is 3. The van der Waals surface area contributed by atoms with Crippen molar-refractivity contribution >= 4 is 12.1 Å². The molecule has 6 atom stereocenters. The van der Waals surface area contributed by atoms with Crippen LogP contribution in [-0.2, 0) is 16.0 Å². The van der Waals surface area contributed by atoms with E-state index in [1.807, 2.05) is 31.2 Å². The van der Waals surface area contributed by atoms with Crippen molar-refractivity contribution < 1.29 is 34.4 Å². The Morgan fingerprint density at radius 3 is 2.81 bits per heavy atom. The highest BCUT2D eigenvalue weighted by atomic mass is 16.7. The molecule has 32 heavy (non-hydrogen) atoms. The van der Waals surface area contributed by atoms with Gasteiger partial charge in [0, 0.05) is 36.7 Å². The lowest BCUT2D eigenvalue weighted by atomic mass is 9.86. The van der Waals surface area contributed by atoms with E-state index in [1.165, 1.54) is 0 Å². The summed E-state index contributed by atoms with van der Waals surface area (Å²) in [6.45, 7) is 3.67. The predicted molar refractivity (Wildman–Crippen MR) is 118 cm³/mol. The third-order valence-corrected chi connectivity index (χ3v) is 6.27. The molecule has 0 amide bonds. The van der Waals surface area contributed by atoms with Gasteiger partial charge in [0.1, 0.15) is 18.0 Å². The maximum absolute atomic E-state index is 11.3. The number of rotatable bonds is 9. The van der Waals surface area contributed by atoms with Gasteiger partial charge < -0.3 is 24.8 Å². The van der Waals surface area contributed by atoms with Crippen molar-refractivity contribution in [1.29, 1.82) is 0 Å². The number of hydrogen-bond acceptors (Lipinski definition) is 5. The molecule has 0 radical (unpaired) electrons. The molecule has 1 aromatic rings. The van der Waals surface area contributed by atoms with E-state index >= 15 is 0 Å². The zero-order valence-corrected chi connectivity index (χ0v) is 18.4. The molecule has 0 spiro atoms. The Morgan fingerprint density at radius 2 is 2.12 bits per heavy atom. The lowest BCUT2D eigenvalue weighted by Gasteiger charge is -2.21. The van der Waals surface area contributed by atoms with E-state index in [1.54, 1.807) is 13.0 Å². The molecule has 0 aromatic heterocycles. The van der Waals surface area contributed by atoms with Crippen molar-refractivity contribution in [2.24, 2.45) is 11.8 Å². The highest BCUT2D eigenvalue weighted by Gasteiger charge is 2.51. The number of ether oxygens (including phenoxy) is 2. The first kappa shape index (κ1) is 23.7. The molecule has 1 aliphatic carbocycles. The summed E-state index contributed by atoms with van der Waals surface area (Å²) >= 11 is 0. The first-order valence-corrected chi connectivity index (χ1v) is 11.0. The van der Waals surface area contributed by atoms with Gasteiger partial charge >= 0.3 is 12.1 Å². The van der Waals surface area contributed by atoms with Crippen LogP contribution in [0, 0.1) is 23.7 Å². The lowest BCUT2D eigenvalue weighted by molar-refractivity contribution is -0.137. The number of carboxylic acids is 1. The fourth-order valence-electron chi connectivity index (χ4n) is 4.65. The van der Waals surface area contributed by atoms with E-state index < -0.39 is 24.3 Å². The average Bonchev–Trinajstić information content (AvgIpc) is 3.25. The molecule has 1 fully saturated rings. The van der Waals surface area contributed by atoms with Crippen molar-refractivity contribution in [3.63, 3.8) is 0 Å². The van der Waals surface area contributed by atoms with Gasteiger partial charge in [-0.15, -0.1) is 11.8 Å². The minimum atomic E-state index is -1.33. The third kappa shape index (κ3) is 5.43. The summed E-state index contributed by atoms with van der Waals surface area (Å²) < 4.78 is 11.4. The SMILES string of the molecule is CC#CC[C@H](C)[C@H](O)/C=C/[C@@H]1[C@H]2c3cccc(CCCC(=O)O)c3O[C@H]2C[C@H]1OC(=O)O. The Morgan fingerprint density at radius 1 is 1.34 bits per heavy atom. The number of fused-ring (bicyclic) bond motifs is 3. The maximum Gasteiger partial charge on any atom is 0.506 e. The number of aliphatic hydroxyl groups is 1. The third-order valence-electron chi connectivity index (χ3n) is 6.27. The van der Waals surface area contributed by atoms with Crippen LogP contribution in [0.1, 0.15) is 56.6 Å². The van der Waals surface area contributed by atoms with Crippen LogP contribution < -0.4 is 4.74 Å². The van der Waals surface area contributed by atoms with Gasteiger partial charge in [-0.2, -0.15) is 0 Å². The van der Waals surface area contributed by atoms with Gasteiger partial charge in [0.05, 0.1) is 6.10 Å². The first-order chi connectivity index (χ1) is 15.3. The van der Waals surface area contributed by atoms with Gasteiger partial charge in [-0.3, -0.25) is 4.79 Å². The molecule has 1 heterocycles. The molecule has 0 saturated heterocycles. The van der Waals surface area contributed by atoms with Crippen LogP contribution in [0.4, 0.5) is 4.79 Å². The Labute approximate surface area is 188 Å². The topological polar surface area (TPSA) is 113 Å². The van der Waals surface area contributed by atoms with Crippen molar-refractivity contribution in [1.82, 2.24) is 0 Å². The summed E-state index contributed by atoms with van der Waals surface area (Å²) in [5, 5.41) is 28.6. The van der Waals surface area contributed by atoms with E-state index in [9.17, 15) is 19.8 Å². The fourth-order valence-corrected chi connectivity index (χ4v) is 4.65. The van der Waals surface area contributed by atoms with Gasteiger partial charge in [-0.25, -0.2) is 4.79 Å². The number of carboxylic acid groups (broad SMARTS) is 2. The van der Waals surface area contributed by atoms with Crippen LogP contribution in [0.2, 0.25) is 0 Å². The van der Waals surface area contributed by atoms with Crippen LogP contribution in [-0.4, -0.2) is 45.8 Å². The van der Waals surface area contributed by atoms with E-state index in [-0.39, 0.29) is 30.3 Å². The van der Waals surface area contributed by atoms with Gasteiger partial charge in [-0.1, -0.05) is 37.3 Å². The second-order valence-corrected chi connectivity index (χ2v) is 8.48. The summed E-state index contributed by atoms with van der Waals surface area (Å²) in [5.74, 6) is 5.32. The second kappa shape index (κ2) is 10.6. The highest BCUT2D eigenvalue weighted by molar-refractivity contribution is 5.66. The predicted octanol–water partition coefficient (Wildman–Crippen LogP) is 3.99. The summed E-state index contributed by atoms with van der Waals surface area (Å²) in [6, 6.07) is 5.84. The molecule has 0 bridgehead atoms. The number of aliphatic carboxylic acids is 1. The normalized spacial score (nSPS) is 25.2. The maximum atomic E-state index is 11.3. The summed E-state index contributed by atoms with van der Waals surface area (Å²) in [5.41, 5.74) is 1.94. The number of aliphatic hydroxyl groups excluding tert-OH is 1. The minimum Gasteiger partial charge on any atom is -0.489 e. The zero-order valence-electron chi connectivity index (χ0n) is 18.4. The van der Waals surface area contributed by atoms with Crippen LogP contribution in [0.5, 0.6) is 5.75 Å². The Kier molecular flexibility index (Phi) is 7.81. The molecule has 1 aliphatic heterocycles. The first-order valence-electron chi connectivity index (χ1n) is 11.0. The molecule has 1 aromatic carbocycles. The van der Waals surface area contributed by atoms with Crippen molar-refractivity contribution in [2.45, 2.75) is 70.2 Å². The summed E-state index contributed by atoms with van der Waals surface area (Å²) in [6.07, 6.45) is 2.92. The number of aryl methyl sites for hydroxylation is 1. The molecule has 3 rings (SSSR count). The lowest BCUT2D eigenvalue weighted by Crippen LogP contribution is -2.23. The van der Waals surface area contributed by atoms with Crippen LogP contribution in [0.15, 0.2) is 30.4 Å². The monoisotopic (exact) mass is 442 g/mol. The molecule has 2 aliphatic rings. The summed E-state index contributed by atoms with van der Waals surface area (Å²) in [4.78, 5) is 22.1. The Hall–Kier alpha value is -2.98. The average molecular weight is 443 g/mol. The molecular weight excluding hydrogens is 412 g/mol. The number of para-hydroxylation sites is 1. The molecule has 172 valence electrons. The van der Waals surface area contributed by atoms with Gasteiger partial charge in [-0.05, 0) is 31.2 Å². The van der Waals surface area contributed by atoms with Crippen LogP contribution in [0.25, 0.3) is 0 Å². The van der Waals surface area contributed by atoms with Crippen molar-refractivity contribution in [3.8, 4) is 17.6 Å². The van der Waals surface area contributed by atoms with E-state index in [2.05, 4.69) is 11.8 Å². The molecule has 7 heteroatoms. The number of carbonyl (C=O) groups is 2. The molecule has 3 N–H and O–H groups in total. The van der Waals surface area contributed by atoms with Crippen molar-refractivity contribution in [2.75, 3.05) is 0 Å². The zero-order chi connectivity index (χ0) is 23.3. The van der Waals surface area contributed by atoms with Crippen molar-refractivity contribution in [3.05, 3.63) is 41.5 Å². The fraction of sp³-hybridized carbons (Fsp3) is 0.520. The van der Waals surface area contributed by atoms with E-state index in [0.29, 0.717) is 25.7 Å². The molecular formula is C25H30O7. The minimum absolute atomic E-state index is 0.0531. The molecule has 7 nitrogen and oxygen atoms in total. The molecule has 0 unspecified atom stereocenters. The van der Waals surface area contributed by atoms with E-state index in [0.717, 1.165) is 16.9 Å².